The van der Waals surface area contributed by atoms with Gasteiger partial charge >= 0.3 is 5.97 Å². The average Bonchev–Trinajstić information content (AvgIpc) is 2.66. The first-order valence-electron chi connectivity index (χ1n) is 5.48. The molecule has 0 radical (unpaired) electrons. The Morgan fingerprint density at radius 3 is 2.94 bits per heavy atom. The smallest absolute Gasteiger partial charge is 0.312 e. The molecular formula is C10H15N3O3. The zero-order chi connectivity index (χ0) is 11.4. The lowest BCUT2D eigenvalue weighted by molar-refractivity contribution is -0.136. The van der Waals surface area contributed by atoms with Gasteiger partial charge in [0.1, 0.15) is 6.42 Å². The van der Waals surface area contributed by atoms with Gasteiger partial charge in [0.2, 0.25) is 5.89 Å². The largest absolute Gasteiger partial charge is 0.481 e. The molecular weight excluding hydrogens is 210 g/mol. The van der Waals surface area contributed by atoms with E-state index < -0.39 is 5.97 Å². The summed E-state index contributed by atoms with van der Waals surface area (Å²) in [5.41, 5.74) is 0. The predicted octanol–water partition coefficient (Wildman–Crippen LogP) is 0.239. The molecule has 0 spiro atoms. The standard InChI is InChI=1S/C10H15N3O3/c14-10(15)6-9-12-8(13-16-9)5-7-1-3-11-4-2-7/h7,11H,1-6H2,(H,14,15). The Hall–Kier alpha value is -1.43. The lowest BCUT2D eigenvalue weighted by Gasteiger charge is -2.20. The second-order valence-corrected chi connectivity index (χ2v) is 4.07. The molecule has 2 N–H and O–H groups in total. The van der Waals surface area contributed by atoms with Gasteiger partial charge in [-0.1, -0.05) is 5.16 Å². The summed E-state index contributed by atoms with van der Waals surface area (Å²) in [7, 11) is 0. The third kappa shape index (κ3) is 3.03. The zero-order valence-electron chi connectivity index (χ0n) is 8.98. The number of carboxylic acids is 1. The van der Waals surface area contributed by atoms with Gasteiger partial charge in [0.15, 0.2) is 5.82 Å². The molecule has 0 amide bonds. The van der Waals surface area contributed by atoms with Gasteiger partial charge in [0.05, 0.1) is 0 Å². The molecule has 6 nitrogen and oxygen atoms in total. The van der Waals surface area contributed by atoms with E-state index in [2.05, 4.69) is 15.5 Å². The average molecular weight is 225 g/mol. The number of nitrogens with zero attached hydrogens (tertiary/aromatic N) is 2. The van der Waals surface area contributed by atoms with E-state index in [0.29, 0.717) is 11.7 Å². The fourth-order valence-corrected chi connectivity index (χ4v) is 1.92. The van der Waals surface area contributed by atoms with Crippen LogP contribution in [0.5, 0.6) is 0 Å². The summed E-state index contributed by atoms with van der Waals surface area (Å²) in [6, 6.07) is 0. The van der Waals surface area contributed by atoms with Crippen molar-refractivity contribution in [1.29, 1.82) is 0 Å². The van der Waals surface area contributed by atoms with Crippen molar-refractivity contribution in [3.05, 3.63) is 11.7 Å². The van der Waals surface area contributed by atoms with E-state index in [0.717, 1.165) is 32.4 Å². The van der Waals surface area contributed by atoms with E-state index in [1.807, 2.05) is 0 Å². The van der Waals surface area contributed by atoms with Crippen molar-refractivity contribution < 1.29 is 14.4 Å². The molecule has 0 aromatic carbocycles. The molecule has 1 aliphatic rings. The number of aliphatic carboxylic acids is 1. The predicted molar refractivity (Wildman–Crippen MR) is 54.9 cm³/mol. The molecule has 1 aliphatic heterocycles. The summed E-state index contributed by atoms with van der Waals surface area (Å²) in [6.07, 6.45) is 2.82. The third-order valence-electron chi connectivity index (χ3n) is 2.74. The summed E-state index contributed by atoms with van der Waals surface area (Å²) < 4.78 is 4.86. The maximum absolute atomic E-state index is 10.4. The second kappa shape index (κ2) is 5.07. The molecule has 0 atom stereocenters. The number of carbonyl (C=O) groups is 1. The number of carboxylic acid groups (broad SMARTS) is 1. The van der Waals surface area contributed by atoms with E-state index in [4.69, 9.17) is 9.63 Å². The highest BCUT2D eigenvalue weighted by atomic mass is 16.5. The second-order valence-electron chi connectivity index (χ2n) is 4.07. The Morgan fingerprint density at radius 1 is 1.50 bits per heavy atom. The van der Waals surface area contributed by atoms with Gasteiger partial charge in [-0.3, -0.25) is 4.79 Å². The van der Waals surface area contributed by atoms with Gasteiger partial charge < -0.3 is 14.9 Å². The Bertz CT molecular complexity index is 358. The van der Waals surface area contributed by atoms with Crippen LogP contribution in [0.2, 0.25) is 0 Å². The van der Waals surface area contributed by atoms with E-state index in [9.17, 15) is 4.79 Å². The number of hydrogen-bond acceptors (Lipinski definition) is 5. The first kappa shape index (κ1) is 11.1. The minimum atomic E-state index is -0.947. The summed E-state index contributed by atoms with van der Waals surface area (Å²) in [6.45, 7) is 2.06. The summed E-state index contributed by atoms with van der Waals surface area (Å²) in [5.74, 6) is 0.452. The van der Waals surface area contributed by atoms with E-state index in [-0.39, 0.29) is 12.3 Å². The molecule has 88 valence electrons. The van der Waals surface area contributed by atoms with Crippen LogP contribution in [0.15, 0.2) is 4.52 Å². The fourth-order valence-electron chi connectivity index (χ4n) is 1.92. The summed E-state index contributed by atoms with van der Waals surface area (Å²) >= 11 is 0. The van der Waals surface area contributed by atoms with Gasteiger partial charge in [0.25, 0.3) is 0 Å². The van der Waals surface area contributed by atoms with Crippen LogP contribution in [-0.2, 0) is 17.6 Å². The molecule has 0 unspecified atom stereocenters. The summed E-state index contributed by atoms with van der Waals surface area (Å²) in [5, 5.41) is 15.6. The van der Waals surface area contributed by atoms with Crippen LogP contribution in [0, 0.1) is 5.92 Å². The Kier molecular flexibility index (Phi) is 3.51. The van der Waals surface area contributed by atoms with Crippen molar-refractivity contribution in [3.63, 3.8) is 0 Å². The zero-order valence-corrected chi connectivity index (χ0v) is 8.98. The normalized spacial score (nSPS) is 17.5. The van der Waals surface area contributed by atoms with Gasteiger partial charge in [-0.2, -0.15) is 4.98 Å². The Morgan fingerprint density at radius 2 is 2.25 bits per heavy atom. The van der Waals surface area contributed by atoms with Crippen molar-refractivity contribution >= 4 is 5.97 Å². The highest BCUT2D eigenvalue weighted by Crippen LogP contribution is 2.16. The van der Waals surface area contributed by atoms with Crippen LogP contribution in [0.1, 0.15) is 24.6 Å². The van der Waals surface area contributed by atoms with E-state index >= 15 is 0 Å². The topological polar surface area (TPSA) is 88.2 Å². The van der Waals surface area contributed by atoms with Crippen molar-refractivity contribution in [2.24, 2.45) is 5.92 Å². The lowest BCUT2D eigenvalue weighted by atomic mass is 9.94. The number of hydrogen-bond donors (Lipinski definition) is 2. The van der Waals surface area contributed by atoms with Crippen LogP contribution in [0.3, 0.4) is 0 Å². The molecule has 0 saturated carbocycles. The van der Waals surface area contributed by atoms with Crippen LogP contribution < -0.4 is 5.32 Å². The van der Waals surface area contributed by atoms with Crippen molar-refractivity contribution in [1.82, 2.24) is 15.5 Å². The first-order chi connectivity index (χ1) is 7.74. The maximum atomic E-state index is 10.4. The molecule has 0 bridgehead atoms. The van der Waals surface area contributed by atoms with Crippen LogP contribution in [0.25, 0.3) is 0 Å². The quantitative estimate of drug-likeness (QED) is 0.763. The van der Waals surface area contributed by atoms with Crippen molar-refractivity contribution in [3.8, 4) is 0 Å². The van der Waals surface area contributed by atoms with Crippen molar-refractivity contribution in [2.45, 2.75) is 25.7 Å². The van der Waals surface area contributed by atoms with Gasteiger partial charge in [-0.05, 0) is 31.8 Å². The molecule has 1 aromatic heterocycles. The molecule has 0 aliphatic carbocycles. The van der Waals surface area contributed by atoms with Crippen LogP contribution in [0.4, 0.5) is 0 Å². The number of piperidine rings is 1. The Balaban J connectivity index is 1.88. The number of nitrogens with one attached hydrogen (secondary N) is 1. The van der Waals surface area contributed by atoms with Crippen LogP contribution in [-0.4, -0.2) is 34.3 Å². The lowest BCUT2D eigenvalue weighted by Crippen LogP contribution is -2.28. The third-order valence-corrected chi connectivity index (χ3v) is 2.74. The SMILES string of the molecule is O=C(O)Cc1nc(CC2CCNCC2)no1. The maximum Gasteiger partial charge on any atom is 0.312 e. The monoisotopic (exact) mass is 225 g/mol. The first-order valence-corrected chi connectivity index (χ1v) is 5.48. The minimum Gasteiger partial charge on any atom is -0.481 e. The van der Waals surface area contributed by atoms with Crippen molar-refractivity contribution in [2.75, 3.05) is 13.1 Å². The fraction of sp³-hybridized carbons (Fsp3) is 0.700. The molecule has 16 heavy (non-hydrogen) atoms. The van der Waals surface area contributed by atoms with E-state index in [1.54, 1.807) is 0 Å². The molecule has 1 fully saturated rings. The van der Waals surface area contributed by atoms with Gasteiger partial charge in [0, 0.05) is 6.42 Å². The number of rotatable bonds is 4. The molecule has 2 rings (SSSR count). The molecule has 2 heterocycles. The molecule has 6 heteroatoms. The number of aromatic nitrogens is 2. The highest BCUT2D eigenvalue weighted by Gasteiger charge is 2.17. The highest BCUT2D eigenvalue weighted by molar-refractivity contribution is 5.68. The Labute approximate surface area is 93.0 Å². The molecule has 1 saturated heterocycles. The molecule has 1 aromatic rings. The summed E-state index contributed by atoms with van der Waals surface area (Å²) in [4.78, 5) is 14.5. The van der Waals surface area contributed by atoms with Gasteiger partial charge in [-0.25, -0.2) is 0 Å². The van der Waals surface area contributed by atoms with Crippen LogP contribution >= 0.6 is 0 Å². The van der Waals surface area contributed by atoms with E-state index in [1.165, 1.54) is 0 Å². The minimum absolute atomic E-state index is 0.191. The van der Waals surface area contributed by atoms with Gasteiger partial charge in [-0.15, -0.1) is 0 Å².